The van der Waals surface area contributed by atoms with Crippen LogP contribution >= 0.6 is 11.8 Å². The first-order valence-electron chi connectivity index (χ1n) is 5.23. The fraction of sp³-hybridized carbons (Fsp3) is 1.00. The lowest BCUT2D eigenvalue weighted by molar-refractivity contribution is 0.00778. The average Bonchev–Trinajstić information content (AvgIpc) is 2.00. The number of rotatable bonds is 2. The summed E-state index contributed by atoms with van der Waals surface area (Å²) in [6.07, 6.45) is 3.00. The van der Waals surface area contributed by atoms with Gasteiger partial charge in [-0.2, -0.15) is 11.8 Å². The molecule has 78 valence electrons. The second-order valence-corrected chi connectivity index (χ2v) is 6.84. The normalized spacial score (nSPS) is 30.5. The number of hydrogen-bond acceptors (Lipinski definition) is 2. The van der Waals surface area contributed by atoms with Crippen molar-refractivity contribution in [1.82, 2.24) is 0 Å². The van der Waals surface area contributed by atoms with Crippen molar-refractivity contribution >= 4 is 11.8 Å². The van der Waals surface area contributed by atoms with Crippen LogP contribution in [0.4, 0.5) is 0 Å². The summed E-state index contributed by atoms with van der Waals surface area (Å²) in [5.41, 5.74) is 0. The Kier molecular flexibility index (Phi) is 4.11. The first kappa shape index (κ1) is 11.4. The van der Waals surface area contributed by atoms with Crippen LogP contribution in [0.2, 0.25) is 0 Å². The van der Waals surface area contributed by atoms with Gasteiger partial charge in [0.25, 0.3) is 0 Å². The molecule has 0 spiro atoms. The molecule has 2 heteroatoms. The molecule has 0 amide bonds. The van der Waals surface area contributed by atoms with Gasteiger partial charge in [0.1, 0.15) is 0 Å². The quantitative estimate of drug-likeness (QED) is 0.679. The molecule has 0 bridgehead atoms. The number of thioether (sulfide) groups is 1. The van der Waals surface area contributed by atoms with Crippen LogP contribution in [0.3, 0.4) is 0 Å². The Balaban J connectivity index is 2.21. The maximum absolute atomic E-state index is 5.53. The van der Waals surface area contributed by atoms with Gasteiger partial charge in [0.15, 0.2) is 0 Å². The smallest absolute Gasteiger partial charge is 0.0549 e. The summed E-state index contributed by atoms with van der Waals surface area (Å²) in [5.74, 6) is 2.19. The van der Waals surface area contributed by atoms with Crippen molar-refractivity contribution in [3.8, 4) is 0 Å². The van der Waals surface area contributed by atoms with Crippen LogP contribution in [0, 0.1) is 5.92 Å². The fourth-order valence-electron chi connectivity index (χ4n) is 1.61. The van der Waals surface area contributed by atoms with Gasteiger partial charge in [0.05, 0.1) is 6.10 Å². The highest BCUT2D eigenvalue weighted by Crippen LogP contribution is 2.30. The standard InChI is InChI=1S/C11H22OS/c1-9-7-10(5-6-12-9)8-13-11(2,3)4/h9-10H,5-8H2,1-4H3. The molecule has 13 heavy (non-hydrogen) atoms. The second-order valence-electron chi connectivity index (χ2n) is 5.00. The first-order chi connectivity index (χ1) is 5.97. The third kappa shape index (κ3) is 4.92. The van der Waals surface area contributed by atoms with Crippen LogP contribution in [-0.2, 0) is 4.74 Å². The third-order valence-electron chi connectivity index (χ3n) is 2.35. The summed E-state index contributed by atoms with van der Waals surface area (Å²) in [4.78, 5) is 0. The largest absolute Gasteiger partial charge is 0.378 e. The minimum atomic E-state index is 0.418. The Hall–Kier alpha value is 0.310. The van der Waals surface area contributed by atoms with E-state index >= 15 is 0 Å². The Bertz CT molecular complexity index is 151. The Labute approximate surface area is 86.6 Å². The van der Waals surface area contributed by atoms with E-state index in [4.69, 9.17) is 4.74 Å². The van der Waals surface area contributed by atoms with Crippen molar-refractivity contribution in [2.45, 2.75) is 51.4 Å². The first-order valence-corrected chi connectivity index (χ1v) is 6.21. The highest BCUT2D eigenvalue weighted by Gasteiger charge is 2.21. The van der Waals surface area contributed by atoms with Crippen LogP contribution < -0.4 is 0 Å². The highest BCUT2D eigenvalue weighted by molar-refractivity contribution is 8.00. The molecular formula is C11H22OS. The molecule has 0 N–H and O–H groups in total. The maximum Gasteiger partial charge on any atom is 0.0549 e. The molecular weight excluding hydrogens is 180 g/mol. The molecule has 2 atom stereocenters. The summed E-state index contributed by atoms with van der Waals surface area (Å²) in [6.45, 7) is 10.0. The molecule has 1 nitrogen and oxygen atoms in total. The van der Waals surface area contributed by atoms with Gasteiger partial charge in [-0.15, -0.1) is 0 Å². The highest BCUT2D eigenvalue weighted by atomic mass is 32.2. The second kappa shape index (κ2) is 4.70. The average molecular weight is 202 g/mol. The number of hydrogen-bond donors (Lipinski definition) is 0. The Morgan fingerprint density at radius 2 is 2.08 bits per heavy atom. The van der Waals surface area contributed by atoms with Gasteiger partial charge in [-0.25, -0.2) is 0 Å². The van der Waals surface area contributed by atoms with E-state index in [0.717, 1.165) is 12.5 Å². The van der Waals surface area contributed by atoms with Crippen molar-refractivity contribution in [3.63, 3.8) is 0 Å². The van der Waals surface area contributed by atoms with E-state index in [1.807, 2.05) is 0 Å². The topological polar surface area (TPSA) is 9.23 Å². The molecule has 1 rings (SSSR count). The van der Waals surface area contributed by atoms with E-state index in [1.165, 1.54) is 18.6 Å². The molecule has 0 radical (unpaired) electrons. The molecule has 1 heterocycles. The molecule has 0 aromatic carbocycles. The van der Waals surface area contributed by atoms with Crippen molar-refractivity contribution in [2.75, 3.05) is 12.4 Å². The molecule has 0 aliphatic carbocycles. The Morgan fingerprint density at radius 1 is 1.38 bits per heavy atom. The molecule has 1 aliphatic heterocycles. The summed E-state index contributed by atoms with van der Waals surface area (Å²) in [6, 6.07) is 0. The van der Waals surface area contributed by atoms with Gasteiger partial charge < -0.3 is 4.74 Å². The summed E-state index contributed by atoms with van der Waals surface area (Å²) >= 11 is 2.09. The van der Waals surface area contributed by atoms with E-state index in [-0.39, 0.29) is 0 Å². The molecule has 0 aromatic heterocycles. The van der Waals surface area contributed by atoms with E-state index in [0.29, 0.717) is 10.9 Å². The van der Waals surface area contributed by atoms with Crippen molar-refractivity contribution in [2.24, 2.45) is 5.92 Å². The maximum atomic E-state index is 5.53. The minimum absolute atomic E-state index is 0.418. The minimum Gasteiger partial charge on any atom is -0.378 e. The van der Waals surface area contributed by atoms with Gasteiger partial charge in [-0.1, -0.05) is 20.8 Å². The van der Waals surface area contributed by atoms with Crippen LogP contribution in [0.25, 0.3) is 0 Å². The zero-order valence-corrected chi connectivity index (χ0v) is 10.1. The van der Waals surface area contributed by atoms with Crippen molar-refractivity contribution in [3.05, 3.63) is 0 Å². The molecule has 1 fully saturated rings. The van der Waals surface area contributed by atoms with Crippen LogP contribution in [-0.4, -0.2) is 23.2 Å². The Morgan fingerprint density at radius 3 is 2.62 bits per heavy atom. The lowest BCUT2D eigenvalue weighted by atomic mass is 9.98. The lowest BCUT2D eigenvalue weighted by Crippen LogP contribution is -2.25. The zero-order valence-electron chi connectivity index (χ0n) is 9.30. The van der Waals surface area contributed by atoms with Gasteiger partial charge in [0.2, 0.25) is 0 Å². The van der Waals surface area contributed by atoms with E-state index in [2.05, 4.69) is 39.5 Å². The van der Waals surface area contributed by atoms with Crippen LogP contribution in [0.15, 0.2) is 0 Å². The molecule has 1 aliphatic rings. The summed E-state index contributed by atoms with van der Waals surface area (Å²) < 4.78 is 5.95. The van der Waals surface area contributed by atoms with Gasteiger partial charge in [-0.05, 0) is 31.4 Å². The van der Waals surface area contributed by atoms with Gasteiger partial charge >= 0.3 is 0 Å². The van der Waals surface area contributed by atoms with Crippen molar-refractivity contribution < 1.29 is 4.74 Å². The zero-order chi connectivity index (χ0) is 9.90. The summed E-state index contributed by atoms with van der Waals surface area (Å²) in [7, 11) is 0. The van der Waals surface area contributed by atoms with E-state index in [1.54, 1.807) is 0 Å². The molecule has 2 unspecified atom stereocenters. The van der Waals surface area contributed by atoms with E-state index < -0.39 is 0 Å². The number of ether oxygens (including phenoxy) is 1. The monoisotopic (exact) mass is 202 g/mol. The van der Waals surface area contributed by atoms with Crippen molar-refractivity contribution in [1.29, 1.82) is 0 Å². The summed E-state index contributed by atoms with van der Waals surface area (Å²) in [5, 5.41) is 0. The SMILES string of the molecule is CC1CC(CSC(C)(C)C)CCO1. The predicted molar refractivity (Wildman–Crippen MR) is 60.3 cm³/mol. The van der Waals surface area contributed by atoms with Crippen LogP contribution in [0.1, 0.15) is 40.5 Å². The van der Waals surface area contributed by atoms with Crippen LogP contribution in [0.5, 0.6) is 0 Å². The molecule has 0 saturated carbocycles. The van der Waals surface area contributed by atoms with Gasteiger partial charge in [0, 0.05) is 11.4 Å². The van der Waals surface area contributed by atoms with E-state index in [9.17, 15) is 0 Å². The molecule has 1 saturated heterocycles. The lowest BCUT2D eigenvalue weighted by Gasteiger charge is -2.29. The predicted octanol–water partition coefficient (Wildman–Crippen LogP) is 3.33. The third-order valence-corrected chi connectivity index (χ3v) is 3.85. The molecule has 0 aromatic rings. The van der Waals surface area contributed by atoms with Gasteiger partial charge in [-0.3, -0.25) is 0 Å². The fourth-order valence-corrected chi connectivity index (χ4v) is 2.65.